The Bertz CT molecular complexity index is 301. The molecule has 0 amide bonds. The van der Waals surface area contributed by atoms with E-state index in [0.717, 1.165) is 10.2 Å². The van der Waals surface area contributed by atoms with E-state index >= 15 is 0 Å². The third kappa shape index (κ3) is 2.26. The second-order valence-electron chi connectivity index (χ2n) is 3.36. The third-order valence-corrected chi connectivity index (χ3v) is 2.78. The molecular formula is C10H12BrNO2. The minimum Gasteiger partial charge on any atom is -0.388 e. The number of halogens is 1. The molecule has 0 aromatic heterocycles. The lowest BCUT2D eigenvalue weighted by Crippen LogP contribution is -2.31. The van der Waals surface area contributed by atoms with Gasteiger partial charge in [0.25, 0.3) is 0 Å². The van der Waals surface area contributed by atoms with E-state index < -0.39 is 6.10 Å². The molecule has 1 fully saturated rings. The van der Waals surface area contributed by atoms with Crippen LogP contribution in [0.2, 0.25) is 0 Å². The van der Waals surface area contributed by atoms with Gasteiger partial charge in [-0.15, -0.1) is 0 Å². The first-order chi connectivity index (χ1) is 6.75. The van der Waals surface area contributed by atoms with Crippen molar-refractivity contribution in [3.63, 3.8) is 0 Å². The smallest absolute Gasteiger partial charge is 0.0996 e. The number of benzene rings is 1. The normalized spacial score (nSPS) is 26.4. The van der Waals surface area contributed by atoms with Crippen LogP contribution in [-0.2, 0) is 4.74 Å². The van der Waals surface area contributed by atoms with E-state index in [-0.39, 0.29) is 6.04 Å². The highest BCUT2D eigenvalue weighted by atomic mass is 79.9. The maximum Gasteiger partial charge on any atom is 0.0996 e. The molecule has 0 radical (unpaired) electrons. The Morgan fingerprint density at radius 1 is 1.29 bits per heavy atom. The van der Waals surface area contributed by atoms with Gasteiger partial charge in [0, 0.05) is 10.2 Å². The molecule has 1 heterocycles. The van der Waals surface area contributed by atoms with Crippen molar-refractivity contribution in [2.45, 2.75) is 12.1 Å². The first-order valence-corrected chi connectivity index (χ1v) is 5.33. The zero-order chi connectivity index (χ0) is 9.97. The van der Waals surface area contributed by atoms with E-state index in [9.17, 15) is 5.11 Å². The Morgan fingerprint density at radius 3 is 2.57 bits per heavy atom. The average molecular weight is 258 g/mol. The zero-order valence-corrected chi connectivity index (χ0v) is 9.20. The van der Waals surface area contributed by atoms with Crippen LogP contribution in [0.25, 0.3) is 0 Å². The van der Waals surface area contributed by atoms with Crippen LogP contribution in [-0.4, -0.2) is 30.5 Å². The van der Waals surface area contributed by atoms with Crippen molar-refractivity contribution in [2.24, 2.45) is 0 Å². The molecule has 76 valence electrons. The molecule has 3 nitrogen and oxygen atoms in total. The van der Waals surface area contributed by atoms with Crippen molar-refractivity contribution >= 4 is 21.6 Å². The summed E-state index contributed by atoms with van der Waals surface area (Å²) >= 11 is 3.37. The molecule has 2 N–H and O–H groups in total. The summed E-state index contributed by atoms with van der Waals surface area (Å²) in [6, 6.07) is 7.87. The Labute approximate surface area is 91.2 Å². The van der Waals surface area contributed by atoms with Crippen LogP contribution in [0.5, 0.6) is 0 Å². The number of ether oxygens (including phenoxy) is 1. The number of nitrogens with one attached hydrogen (secondary N) is 1. The lowest BCUT2D eigenvalue weighted by molar-refractivity contribution is 0.125. The SMILES string of the molecule is O[C@H]1COC[C@@H]1Nc1ccc(Br)cc1. The van der Waals surface area contributed by atoms with E-state index in [1.54, 1.807) is 0 Å². The standard InChI is InChI=1S/C10H12BrNO2/c11-7-1-3-8(4-2-7)12-9-5-14-6-10(9)13/h1-4,9-10,12-13H,5-6H2/t9-,10-/m0/s1. The van der Waals surface area contributed by atoms with Crippen molar-refractivity contribution in [3.05, 3.63) is 28.7 Å². The maximum atomic E-state index is 9.51. The predicted molar refractivity (Wildman–Crippen MR) is 58.4 cm³/mol. The minimum atomic E-state index is -0.404. The van der Waals surface area contributed by atoms with Gasteiger partial charge in [0.1, 0.15) is 0 Å². The predicted octanol–water partition coefficient (Wildman–Crippen LogP) is 1.62. The molecule has 2 atom stereocenters. The lowest BCUT2D eigenvalue weighted by Gasteiger charge is -2.15. The van der Waals surface area contributed by atoms with Crippen molar-refractivity contribution in [1.82, 2.24) is 0 Å². The number of rotatable bonds is 2. The van der Waals surface area contributed by atoms with E-state index in [0.29, 0.717) is 13.2 Å². The van der Waals surface area contributed by atoms with Gasteiger partial charge in [-0.1, -0.05) is 15.9 Å². The largest absolute Gasteiger partial charge is 0.388 e. The Morgan fingerprint density at radius 2 is 2.00 bits per heavy atom. The molecule has 1 aromatic rings. The van der Waals surface area contributed by atoms with Crippen LogP contribution in [0.1, 0.15) is 0 Å². The van der Waals surface area contributed by atoms with Crippen LogP contribution in [0.4, 0.5) is 5.69 Å². The van der Waals surface area contributed by atoms with E-state index in [1.165, 1.54) is 0 Å². The molecule has 1 aliphatic heterocycles. The van der Waals surface area contributed by atoms with Gasteiger partial charge in [-0.2, -0.15) is 0 Å². The fourth-order valence-electron chi connectivity index (χ4n) is 1.44. The topological polar surface area (TPSA) is 41.5 Å². The summed E-state index contributed by atoms with van der Waals surface area (Å²) < 4.78 is 6.19. The van der Waals surface area contributed by atoms with Gasteiger partial charge in [-0.3, -0.25) is 0 Å². The molecule has 2 rings (SSSR count). The number of hydrogen-bond acceptors (Lipinski definition) is 3. The quantitative estimate of drug-likeness (QED) is 0.847. The van der Waals surface area contributed by atoms with E-state index in [2.05, 4.69) is 21.2 Å². The van der Waals surface area contributed by atoms with Crippen LogP contribution in [0.15, 0.2) is 28.7 Å². The number of aliphatic hydroxyl groups is 1. The van der Waals surface area contributed by atoms with Gasteiger partial charge < -0.3 is 15.2 Å². The molecule has 0 bridgehead atoms. The number of hydrogen-bond donors (Lipinski definition) is 2. The van der Waals surface area contributed by atoms with Gasteiger partial charge >= 0.3 is 0 Å². The number of anilines is 1. The molecule has 4 heteroatoms. The Hall–Kier alpha value is -0.580. The van der Waals surface area contributed by atoms with Crippen molar-refractivity contribution in [2.75, 3.05) is 18.5 Å². The van der Waals surface area contributed by atoms with E-state index in [4.69, 9.17) is 4.74 Å². The molecule has 0 spiro atoms. The monoisotopic (exact) mass is 257 g/mol. The minimum absolute atomic E-state index is 0.0103. The Balaban J connectivity index is 2.00. The first kappa shape index (κ1) is 9.96. The van der Waals surface area contributed by atoms with Crippen molar-refractivity contribution in [1.29, 1.82) is 0 Å². The first-order valence-electron chi connectivity index (χ1n) is 4.53. The fraction of sp³-hybridized carbons (Fsp3) is 0.400. The summed E-state index contributed by atoms with van der Waals surface area (Å²) in [4.78, 5) is 0. The summed E-state index contributed by atoms with van der Waals surface area (Å²) in [6.45, 7) is 0.991. The van der Waals surface area contributed by atoms with Gasteiger partial charge in [0.15, 0.2) is 0 Å². The third-order valence-electron chi connectivity index (χ3n) is 2.25. The molecule has 0 aliphatic carbocycles. The zero-order valence-electron chi connectivity index (χ0n) is 7.61. The molecule has 1 aromatic carbocycles. The maximum absolute atomic E-state index is 9.51. The fourth-order valence-corrected chi connectivity index (χ4v) is 1.71. The van der Waals surface area contributed by atoms with Gasteiger partial charge in [0.2, 0.25) is 0 Å². The van der Waals surface area contributed by atoms with Crippen LogP contribution < -0.4 is 5.32 Å². The van der Waals surface area contributed by atoms with Gasteiger partial charge in [0.05, 0.1) is 25.4 Å². The molecule has 0 saturated carbocycles. The van der Waals surface area contributed by atoms with Crippen LogP contribution in [0, 0.1) is 0 Å². The molecule has 1 aliphatic rings. The molecule has 0 unspecified atom stereocenters. The lowest BCUT2D eigenvalue weighted by atomic mass is 10.2. The molecule has 14 heavy (non-hydrogen) atoms. The van der Waals surface area contributed by atoms with E-state index in [1.807, 2.05) is 24.3 Å². The highest BCUT2D eigenvalue weighted by Crippen LogP contribution is 2.17. The Kier molecular flexibility index (Phi) is 3.05. The van der Waals surface area contributed by atoms with Crippen molar-refractivity contribution in [3.8, 4) is 0 Å². The summed E-state index contributed by atoms with van der Waals surface area (Å²) in [5.41, 5.74) is 1.00. The highest BCUT2D eigenvalue weighted by Gasteiger charge is 2.25. The van der Waals surface area contributed by atoms with Crippen LogP contribution in [0.3, 0.4) is 0 Å². The van der Waals surface area contributed by atoms with Gasteiger partial charge in [-0.25, -0.2) is 0 Å². The summed E-state index contributed by atoms with van der Waals surface area (Å²) in [7, 11) is 0. The second-order valence-corrected chi connectivity index (χ2v) is 4.28. The summed E-state index contributed by atoms with van der Waals surface area (Å²) in [6.07, 6.45) is -0.404. The second kappa shape index (κ2) is 4.29. The molecular weight excluding hydrogens is 246 g/mol. The van der Waals surface area contributed by atoms with Crippen molar-refractivity contribution < 1.29 is 9.84 Å². The molecule has 1 saturated heterocycles. The van der Waals surface area contributed by atoms with Crippen LogP contribution >= 0.6 is 15.9 Å². The summed E-state index contributed by atoms with van der Waals surface area (Å²) in [5.74, 6) is 0. The summed E-state index contributed by atoms with van der Waals surface area (Å²) in [5, 5.41) is 12.7. The van der Waals surface area contributed by atoms with Gasteiger partial charge in [-0.05, 0) is 24.3 Å². The highest BCUT2D eigenvalue weighted by molar-refractivity contribution is 9.10. The average Bonchev–Trinajstić information content (AvgIpc) is 2.56. The number of aliphatic hydroxyl groups excluding tert-OH is 1.